The van der Waals surface area contributed by atoms with Crippen molar-refractivity contribution < 1.29 is 13.9 Å². The van der Waals surface area contributed by atoms with Gasteiger partial charge in [0.05, 0.1) is 5.60 Å². The van der Waals surface area contributed by atoms with E-state index in [-0.39, 0.29) is 5.69 Å². The summed E-state index contributed by atoms with van der Waals surface area (Å²) < 4.78 is 25.1. The van der Waals surface area contributed by atoms with Crippen LogP contribution in [0.4, 0.5) is 14.5 Å². The molecule has 1 aromatic heterocycles. The molecule has 2 heterocycles. The largest absolute Gasteiger partial charge is 0.390 e. The number of halogens is 2. The molecule has 2 rings (SSSR count). The molecule has 1 aliphatic heterocycles. The van der Waals surface area contributed by atoms with Crippen molar-refractivity contribution in [3.05, 3.63) is 24.0 Å². The molecule has 0 bridgehead atoms. The van der Waals surface area contributed by atoms with Crippen molar-refractivity contribution in [3.8, 4) is 0 Å². The highest BCUT2D eigenvalue weighted by atomic mass is 19.3. The zero-order valence-corrected chi connectivity index (χ0v) is 10.4. The Hall–Kier alpha value is -1.23. The second-order valence-corrected chi connectivity index (χ2v) is 4.80. The van der Waals surface area contributed by atoms with Crippen LogP contribution in [0.2, 0.25) is 0 Å². The third-order valence-corrected chi connectivity index (χ3v) is 3.71. The molecule has 1 N–H and O–H groups in total. The Labute approximate surface area is 105 Å². The minimum Gasteiger partial charge on any atom is -0.390 e. The van der Waals surface area contributed by atoms with Crippen molar-refractivity contribution >= 4 is 5.69 Å². The number of alkyl halides is 2. The van der Waals surface area contributed by atoms with Gasteiger partial charge >= 0.3 is 0 Å². The lowest BCUT2D eigenvalue weighted by atomic mass is 9.89. The second kappa shape index (κ2) is 5.18. The zero-order chi connectivity index (χ0) is 13.2. The van der Waals surface area contributed by atoms with Gasteiger partial charge in [-0.25, -0.2) is 8.78 Å². The fourth-order valence-electron chi connectivity index (χ4n) is 2.29. The summed E-state index contributed by atoms with van der Waals surface area (Å²) in [6.07, 6.45) is 0.963. The van der Waals surface area contributed by atoms with Crippen molar-refractivity contribution in [2.45, 2.75) is 38.2 Å². The first-order chi connectivity index (χ1) is 8.54. The molecule has 0 saturated carbocycles. The highest BCUT2D eigenvalue weighted by molar-refractivity contribution is 5.47. The predicted molar refractivity (Wildman–Crippen MR) is 65.9 cm³/mol. The van der Waals surface area contributed by atoms with Gasteiger partial charge < -0.3 is 10.0 Å². The average Bonchev–Trinajstić information content (AvgIpc) is 2.40. The molecule has 0 radical (unpaired) electrons. The van der Waals surface area contributed by atoms with Gasteiger partial charge in [0.15, 0.2) is 0 Å². The van der Waals surface area contributed by atoms with Crippen LogP contribution in [-0.2, 0) is 0 Å². The first kappa shape index (κ1) is 13.2. The van der Waals surface area contributed by atoms with E-state index in [0.29, 0.717) is 25.9 Å². The lowest BCUT2D eigenvalue weighted by Gasteiger charge is -2.38. The Morgan fingerprint density at radius 1 is 1.44 bits per heavy atom. The highest BCUT2D eigenvalue weighted by Gasteiger charge is 2.30. The predicted octanol–water partition coefficient (Wildman–Crippen LogP) is 2.76. The Balaban J connectivity index is 2.07. The third kappa shape index (κ3) is 2.77. The average molecular weight is 256 g/mol. The minimum absolute atomic E-state index is 0.191. The summed E-state index contributed by atoms with van der Waals surface area (Å²) in [5.41, 5.74) is -0.0167. The standard InChI is InChI=1S/C13H18F2N2O/c1-2-13(18)4-7-17(8-5-13)10-3-6-16-11(9-10)12(14)15/h3,6,9,12,18H,2,4-5,7-8H2,1H3. The van der Waals surface area contributed by atoms with Crippen molar-refractivity contribution in [2.24, 2.45) is 0 Å². The third-order valence-electron chi connectivity index (χ3n) is 3.71. The SMILES string of the molecule is CCC1(O)CCN(c2ccnc(C(F)F)c2)CC1. The number of aromatic nitrogens is 1. The first-order valence-corrected chi connectivity index (χ1v) is 6.25. The molecule has 5 heteroatoms. The van der Waals surface area contributed by atoms with Crippen LogP contribution in [-0.4, -0.2) is 28.8 Å². The molecular weight excluding hydrogens is 238 g/mol. The summed E-state index contributed by atoms with van der Waals surface area (Å²) in [7, 11) is 0. The van der Waals surface area contributed by atoms with Gasteiger partial charge in [-0.1, -0.05) is 6.92 Å². The van der Waals surface area contributed by atoms with Gasteiger partial charge in [0.1, 0.15) is 5.69 Å². The quantitative estimate of drug-likeness (QED) is 0.903. The number of piperidine rings is 1. The highest BCUT2D eigenvalue weighted by Crippen LogP contribution is 2.29. The lowest BCUT2D eigenvalue weighted by molar-refractivity contribution is 0.0126. The fraction of sp³-hybridized carbons (Fsp3) is 0.615. The molecule has 1 aromatic rings. The van der Waals surface area contributed by atoms with Gasteiger partial charge in [0.2, 0.25) is 0 Å². The lowest BCUT2D eigenvalue weighted by Crippen LogP contribution is -2.44. The van der Waals surface area contributed by atoms with Crippen molar-refractivity contribution in [1.29, 1.82) is 0 Å². The van der Waals surface area contributed by atoms with E-state index in [9.17, 15) is 13.9 Å². The van der Waals surface area contributed by atoms with Crippen LogP contribution in [0.1, 0.15) is 38.3 Å². The van der Waals surface area contributed by atoms with Gasteiger partial charge in [-0.2, -0.15) is 0 Å². The van der Waals surface area contributed by atoms with E-state index in [1.807, 2.05) is 11.8 Å². The van der Waals surface area contributed by atoms with Crippen LogP contribution in [0.5, 0.6) is 0 Å². The van der Waals surface area contributed by atoms with Gasteiger partial charge in [-0.15, -0.1) is 0 Å². The second-order valence-electron chi connectivity index (χ2n) is 4.80. The van der Waals surface area contributed by atoms with Gasteiger partial charge in [-0.05, 0) is 31.4 Å². The van der Waals surface area contributed by atoms with E-state index in [2.05, 4.69) is 4.98 Å². The molecule has 0 aromatic carbocycles. The van der Waals surface area contributed by atoms with Crippen LogP contribution in [0.25, 0.3) is 0 Å². The van der Waals surface area contributed by atoms with Crippen LogP contribution >= 0.6 is 0 Å². The number of aliphatic hydroxyl groups is 1. The van der Waals surface area contributed by atoms with Crippen molar-refractivity contribution in [1.82, 2.24) is 4.98 Å². The normalized spacial score (nSPS) is 19.3. The number of nitrogens with zero attached hydrogens (tertiary/aromatic N) is 2. The summed E-state index contributed by atoms with van der Waals surface area (Å²) in [6, 6.07) is 3.17. The van der Waals surface area contributed by atoms with Crippen LogP contribution < -0.4 is 4.90 Å². The Kier molecular flexibility index (Phi) is 3.80. The van der Waals surface area contributed by atoms with E-state index in [1.54, 1.807) is 6.07 Å². The van der Waals surface area contributed by atoms with Gasteiger partial charge in [0.25, 0.3) is 6.43 Å². The molecule has 3 nitrogen and oxygen atoms in total. The maximum Gasteiger partial charge on any atom is 0.280 e. The maximum absolute atomic E-state index is 12.6. The molecule has 0 aliphatic carbocycles. The number of hydrogen-bond acceptors (Lipinski definition) is 3. The molecule has 1 aliphatic rings. The van der Waals surface area contributed by atoms with Crippen molar-refractivity contribution in [2.75, 3.05) is 18.0 Å². The molecular formula is C13H18F2N2O. The molecule has 0 atom stereocenters. The monoisotopic (exact) mass is 256 g/mol. The Morgan fingerprint density at radius 2 is 2.11 bits per heavy atom. The van der Waals surface area contributed by atoms with Crippen molar-refractivity contribution in [3.63, 3.8) is 0 Å². The molecule has 0 unspecified atom stereocenters. The summed E-state index contributed by atoms with van der Waals surface area (Å²) in [5.74, 6) is 0. The smallest absolute Gasteiger partial charge is 0.280 e. The summed E-state index contributed by atoms with van der Waals surface area (Å²) >= 11 is 0. The topological polar surface area (TPSA) is 36.4 Å². The van der Waals surface area contributed by atoms with Gasteiger partial charge in [-0.3, -0.25) is 4.98 Å². The molecule has 100 valence electrons. The van der Waals surface area contributed by atoms with E-state index in [4.69, 9.17) is 0 Å². The number of rotatable bonds is 3. The van der Waals surface area contributed by atoms with Crippen LogP contribution in [0.3, 0.4) is 0 Å². The number of pyridine rings is 1. The van der Waals surface area contributed by atoms with Gasteiger partial charge in [0, 0.05) is 25.0 Å². The zero-order valence-electron chi connectivity index (χ0n) is 10.4. The first-order valence-electron chi connectivity index (χ1n) is 6.25. The van der Waals surface area contributed by atoms with E-state index >= 15 is 0 Å². The minimum atomic E-state index is -2.54. The summed E-state index contributed by atoms with van der Waals surface area (Å²) in [6.45, 7) is 3.35. The van der Waals surface area contributed by atoms with Crippen LogP contribution in [0, 0.1) is 0 Å². The maximum atomic E-state index is 12.6. The number of anilines is 1. The van der Waals surface area contributed by atoms with E-state index in [0.717, 1.165) is 12.1 Å². The fourth-order valence-corrected chi connectivity index (χ4v) is 2.29. The number of hydrogen-bond donors (Lipinski definition) is 1. The van der Waals surface area contributed by atoms with Crippen LogP contribution in [0.15, 0.2) is 18.3 Å². The molecule has 18 heavy (non-hydrogen) atoms. The Bertz CT molecular complexity index is 404. The molecule has 1 saturated heterocycles. The van der Waals surface area contributed by atoms with E-state index in [1.165, 1.54) is 12.3 Å². The molecule has 0 spiro atoms. The molecule has 0 amide bonds. The molecule has 1 fully saturated rings. The van der Waals surface area contributed by atoms with E-state index < -0.39 is 12.0 Å². The Morgan fingerprint density at radius 3 is 2.67 bits per heavy atom. The summed E-state index contributed by atoms with van der Waals surface area (Å²) in [5, 5.41) is 10.1. The summed E-state index contributed by atoms with van der Waals surface area (Å²) in [4.78, 5) is 5.68.